The second-order valence-corrected chi connectivity index (χ2v) is 7.91. The van der Waals surface area contributed by atoms with Crippen LogP contribution in [0.4, 0.5) is 4.39 Å². The van der Waals surface area contributed by atoms with Gasteiger partial charge < -0.3 is 19.8 Å². The Kier molecular flexibility index (Phi) is 6.52. The molecule has 0 amide bonds. The molecular formula is C21H24FN3O4S. The van der Waals surface area contributed by atoms with Crippen molar-refractivity contribution in [2.45, 2.75) is 39.8 Å². The highest BCUT2D eigenvalue weighted by Crippen LogP contribution is 2.29. The van der Waals surface area contributed by atoms with E-state index in [2.05, 4.69) is 15.3 Å². The highest BCUT2D eigenvalue weighted by atomic mass is 32.1. The number of carbonyl (C=O) groups is 1. The quantitative estimate of drug-likeness (QED) is 0.547. The first kappa shape index (κ1) is 21.9. The number of nitrogens with one attached hydrogen (secondary N) is 2. The van der Waals surface area contributed by atoms with Gasteiger partial charge in [0.1, 0.15) is 15.5 Å². The molecule has 0 aliphatic heterocycles. The van der Waals surface area contributed by atoms with Crippen LogP contribution in [0.1, 0.15) is 59.5 Å². The van der Waals surface area contributed by atoms with Crippen molar-refractivity contribution < 1.29 is 18.7 Å². The number of aromatic amines is 1. The molecule has 160 valence electrons. The summed E-state index contributed by atoms with van der Waals surface area (Å²) in [5.41, 5.74) is 0.993. The van der Waals surface area contributed by atoms with Crippen molar-refractivity contribution in [3.8, 4) is 5.75 Å². The molecule has 2 unspecified atom stereocenters. The molecule has 2 heterocycles. The Morgan fingerprint density at radius 1 is 1.33 bits per heavy atom. The van der Waals surface area contributed by atoms with Gasteiger partial charge in [-0.1, -0.05) is 6.07 Å². The fraction of sp³-hybridized carbons (Fsp3) is 0.381. The maximum atomic E-state index is 14.0. The summed E-state index contributed by atoms with van der Waals surface area (Å²) in [6, 6.07) is 4.24. The third kappa shape index (κ3) is 4.22. The minimum Gasteiger partial charge on any atom is -0.494 e. The zero-order chi connectivity index (χ0) is 22.0. The molecule has 0 saturated heterocycles. The molecule has 0 radical (unpaired) electrons. The van der Waals surface area contributed by atoms with E-state index in [1.165, 1.54) is 13.2 Å². The first-order valence-electron chi connectivity index (χ1n) is 9.56. The smallest absolute Gasteiger partial charge is 0.348 e. The van der Waals surface area contributed by atoms with Gasteiger partial charge in [0.2, 0.25) is 0 Å². The number of nitrogens with zero attached hydrogens (tertiary/aromatic N) is 1. The van der Waals surface area contributed by atoms with Crippen LogP contribution < -0.4 is 15.6 Å². The first-order chi connectivity index (χ1) is 14.3. The second-order valence-electron chi connectivity index (χ2n) is 6.91. The summed E-state index contributed by atoms with van der Waals surface area (Å²) < 4.78 is 24.0. The Bertz CT molecular complexity index is 1140. The highest BCUT2D eigenvalue weighted by molar-refractivity contribution is 7.20. The van der Waals surface area contributed by atoms with Crippen molar-refractivity contribution >= 4 is 27.5 Å². The molecule has 0 aliphatic rings. The molecule has 3 rings (SSSR count). The number of benzene rings is 1. The predicted octanol–water partition coefficient (Wildman–Crippen LogP) is 4.03. The van der Waals surface area contributed by atoms with Crippen LogP contribution >= 0.6 is 11.3 Å². The van der Waals surface area contributed by atoms with E-state index in [1.54, 1.807) is 26.0 Å². The van der Waals surface area contributed by atoms with E-state index in [-0.39, 0.29) is 30.0 Å². The van der Waals surface area contributed by atoms with E-state index in [0.29, 0.717) is 26.5 Å². The van der Waals surface area contributed by atoms with Gasteiger partial charge in [-0.25, -0.2) is 14.2 Å². The normalized spacial score (nSPS) is 13.3. The molecule has 9 heteroatoms. The van der Waals surface area contributed by atoms with E-state index in [4.69, 9.17) is 9.47 Å². The number of ether oxygens (including phenoxy) is 2. The maximum absolute atomic E-state index is 14.0. The van der Waals surface area contributed by atoms with Crippen molar-refractivity contribution in [2.75, 3.05) is 13.7 Å². The number of esters is 1. The van der Waals surface area contributed by atoms with E-state index in [1.807, 2.05) is 13.8 Å². The zero-order valence-corrected chi connectivity index (χ0v) is 18.3. The summed E-state index contributed by atoms with van der Waals surface area (Å²) in [6.07, 6.45) is 0. The molecule has 2 aromatic heterocycles. The van der Waals surface area contributed by atoms with E-state index in [9.17, 15) is 14.0 Å². The molecule has 7 nitrogen and oxygen atoms in total. The van der Waals surface area contributed by atoms with Gasteiger partial charge in [-0.3, -0.25) is 4.79 Å². The number of hydrogen-bond donors (Lipinski definition) is 2. The third-order valence-electron chi connectivity index (χ3n) is 4.87. The minimum absolute atomic E-state index is 0.181. The number of aromatic nitrogens is 2. The van der Waals surface area contributed by atoms with Crippen LogP contribution in [0.15, 0.2) is 23.0 Å². The van der Waals surface area contributed by atoms with Crippen molar-refractivity contribution in [1.29, 1.82) is 0 Å². The molecule has 0 aliphatic carbocycles. The van der Waals surface area contributed by atoms with Gasteiger partial charge in [0.15, 0.2) is 11.6 Å². The second kappa shape index (κ2) is 8.93. The molecule has 2 N–H and O–H groups in total. The number of H-pyrrole nitrogens is 1. The fourth-order valence-corrected chi connectivity index (χ4v) is 4.34. The number of thiophene rings is 1. The van der Waals surface area contributed by atoms with Crippen LogP contribution in [0.25, 0.3) is 10.2 Å². The van der Waals surface area contributed by atoms with Gasteiger partial charge in [0, 0.05) is 6.04 Å². The summed E-state index contributed by atoms with van der Waals surface area (Å²) in [5, 5.41) is 3.70. The van der Waals surface area contributed by atoms with Gasteiger partial charge in [-0.05, 0) is 51.0 Å². The Morgan fingerprint density at radius 2 is 2.07 bits per heavy atom. The van der Waals surface area contributed by atoms with E-state index >= 15 is 0 Å². The summed E-state index contributed by atoms with van der Waals surface area (Å²) >= 11 is 1.14. The predicted molar refractivity (Wildman–Crippen MR) is 114 cm³/mol. The van der Waals surface area contributed by atoms with Crippen LogP contribution in [0.5, 0.6) is 5.75 Å². The summed E-state index contributed by atoms with van der Waals surface area (Å²) in [6.45, 7) is 7.44. The molecule has 0 saturated carbocycles. The van der Waals surface area contributed by atoms with E-state index in [0.717, 1.165) is 16.9 Å². The van der Waals surface area contributed by atoms with Crippen LogP contribution in [0, 0.1) is 12.7 Å². The molecule has 0 fully saturated rings. The van der Waals surface area contributed by atoms with Crippen molar-refractivity contribution in [3.05, 3.63) is 56.2 Å². The lowest BCUT2D eigenvalue weighted by atomic mass is 10.1. The number of fused-ring (bicyclic) bond motifs is 1. The van der Waals surface area contributed by atoms with Gasteiger partial charge in [0.05, 0.1) is 25.1 Å². The molecule has 2 atom stereocenters. The molecule has 3 aromatic rings. The summed E-state index contributed by atoms with van der Waals surface area (Å²) in [4.78, 5) is 33.0. The van der Waals surface area contributed by atoms with Gasteiger partial charge in [0.25, 0.3) is 5.56 Å². The first-order valence-corrected chi connectivity index (χ1v) is 10.4. The fourth-order valence-electron chi connectivity index (χ4n) is 3.26. The van der Waals surface area contributed by atoms with Gasteiger partial charge in [-0.2, -0.15) is 0 Å². The zero-order valence-electron chi connectivity index (χ0n) is 17.5. The van der Waals surface area contributed by atoms with E-state index < -0.39 is 11.8 Å². The van der Waals surface area contributed by atoms with Crippen LogP contribution in [-0.2, 0) is 4.74 Å². The third-order valence-corrected chi connectivity index (χ3v) is 6.03. The molecule has 0 bridgehead atoms. The van der Waals surface area contributed by atoms with Crippen LogP contribution in [-0.4, -0.2) is 29.7 Å². The average Bonchev–Trinajstić information content (AvgIpc) is 3.05. The topological polar surface area (TPSA) is 93.3 Å². The molecule has 0 spiro atoms. The maximum Gasteiger partial charge on any atom is 0.348 e. The Labute approximate surface area is 177 Å². The number of rotatable bonds is 7. The lowest BCUT2D eigenvalue weighted by molar-refractivity contribution is 0.0531. The summed E-state index contributed by atoms with van der Waals surface area (Å²) in [7, 11) is 1.42. The number of aryl methyl sites for hydroxylation is 1. The van der Waals surface area contributed by atoms with Crippen LogP contribution in [0.3, 0.4) is 0 Å². The SMILES string of the molecule is CCOC(=O)c1sc2nc(C(C)NC(C)c3ccc(OC)c(F)c3)[nH]c(=O)c2c1C. The Balaban J connectivity index is 1.88. The Morgan fingerprint density at radius 3 is 2.70 bits per heavy atom. The molecule has 30 heavy (non-hydrogen) atoms. The minimum atomic E-state index is -0.458. The molecular weight excluding hydrogens is 409 g/mol. The Hall–Kier alpha value is -2.78. The lowest BCUT2D eigenvalue weighted by Crippen LogP contribution is -2.26. The average molecular weight is 434 g/mol. The summed E-state index contributed by atoms with van der Waals surface area (Å²) in [5.74, 6) is -0.281. The van der Waals surface area contributed by atoms with Gasteiger partial charge >= 0.3 is 5.97 Å². The highest BCUT2D eigenvalue weighted by Gasteiger charge is 2.22. The van der Waals surface area contributed by atoms with Crippen molar-refractivity contribution in [2.24, 2.45) is 0 Å². The van der Waals surface area contributed by atoms with Crippen molar-refractivity contribution in [3.63, 3.8) is 0 Å². The lowest BCUT2D eigenvalue weighted by Gasteiger charge is -2.20. The number of hydrogen-bond acceptors (Lipinski definition) is 7. The molecule has 1 aromatic carbocycles. The largest absolute Gasteiger partial charge is 0.494 e. The monoisotopic (exact) mass is 433 g/mol. The van der Waals surface area contributed by atoms with Crippen molar-refractivity contribution in [1.82, 2.24) is 15.3 Å². The number of halogens is 1. The number of carbonyl (C=O) groups excluding carboxylic acids is 1. The number of methoxy groups -OCH3 is 1. The standard InChI is InChI=1S/C21H24FN3O4S/c1-6-29-21(27)17-10(2)16-19(26)24-18(25-20(16)30-17)12(4)23-11(3)13-7-8-15(28-5)14(22)9-13/h7-9,11-12,23H,6H2,1-5H3,(H,24,25,26). The van der Waals surface area contributed by atoms with Gasteiger partial charge in [-0.15, -0.1) is 11.3 Å². The van der Waals surface area contributed by atoms with Crippen LogP contribution in [0.2, 0.25) is 0 Å².